The van der Waals surface area contributed by atoms with E-state index in [0.29, 0.717) is 5.88 Å². The highest BCUT2D eigenvalue weighted by Crippen LogP contribution is 2.28. The molecule has 3 rings (SSSR count). The van der Waals surface area contributed by atoms with Crippen molar-refractivity contribution in [1.29, 1.82) is 0 Å². The molecule has 0 bridgehead atoms. The molecule has 0 aliphatic rings. The quantitative estimate of drug-likeness (QED) is 0.683. The predicted octanol–water partition coefficient (Wildman–Crippen LogP) is 1.45. The maximum Gasteiger partial charge on any atom is 0.239 e. The molecule has 3 heterocycles. The van der Waals surface area contributed by atoms with Gasteiger partial charge < -0.3 is 4.74 Å². The smallest absolute Gasteiger partial charge is 0.239 e. The van der Waals surface area contributed by atoms with E-state index in [4.69, 9.17) is 4.74 Å². The van der Waals surface area contributed by atoms with Crippen LogP contribution in [0.25, 0.3) is 16.8 Å². The zero-order chi connectivity index (χ0) is 12.7. The molecule has 6 heteroatoms. The predicted molar refractivity (Wildman–Crippen MR) is 66.5 cm³/mol. The zero-order valence-corrected chi connectivity index (χ0v) is 10.5. The van der Waals surface area contributed by atoms with Gasteiger partial charge in [0.2, 0.25) is 5.88 Å². The van der Waals surface area contributed by atoms with Crippen LogP contribution in [0.5, 0.6) is 5.88 Å². The van der Waals surface area contributed by atoms with Crippen molar-refractivity contribution in [3.63, 3.8) is 0 Å². The number of hydrogen-bond donors (Lipinski definition) is 0. The Bertz CT molecular complexity index is 712. The lowest BCUT2D eigenvalue weighted by Gasteiger charge is -2.06. The summed E-state index contributed by atoms with van der Waals surface area (Å²) < 4.78 is 8.85. The van der Waals surface area contributed by atoms with E-state index in [2.05, 4.69) is 15.2 Å². The number of fused-ring (bicyclic) bond motifs is 1. The molecule has 0 spiro atoms. The van der Waals surface area contributed by atoms with Crippen LogP contribution in [0.3, 0.4) is 0 Å². The fraction of sp³-hybridized carbons (Fsp3) is 0.250. The second-order valence-electron chi connectivity index (χ2n) is 4.14. The van der Waals surface area contributed by atoms with Gasteiger partial charge in [0.05, 0.1) is 30.8 Å². The summed E-state index contributed by atoms with van der Waals surface area (Å²) in [6.07, 6.45) is 5.49. The molecular formula is C12H13N5O. The molecule has 0 saturated carbocycles. The van der Waals surface area contributed by atoms with Crippen molar-refractivity contribution in [1.82, 2.24) is 24.4 Å². The molecule has 0 saturated heterocycles. The second kappa shape index (κ2) is 3.83. The van der Waals surface area contributed by atoms with Gasteiger partial charge in [-0.1, -0.05) is 0 Å². The lowest BCUT2D eigenvalue weighted by Crippen LogP contribution is -1.99. The number of aromatic nitrogens is 5. The molecule has 0 aromatic carbocycles. The first-order valence-corrected chi connectivity index (χ1v) is 5.57. The van der Waals surface area contributed by atoms with Crippen molar-refractivity contribution in [2.75, 3.05) is 7.11 Å². The Morgan fingerprint density at radius 2 is 2.11 bits per heavy atom. The highest BCUT2D eigenvalue weighted by atomic mass is 16.5. The minimum absolute atomic E-state index is 0.566. The number of hydrogen-bond acceptors (Lipinski definition) is 4. The van der Waals surface area contributed by atoms with Gasteiger partial charge >= 0.3 is 0 Å². The summed E-state index contributed by atoms with van der Waals surface area (Å²) in [6, 6.07) is 1.95. The highest BCUT2D eigenvalue weighted by Gasteiger charge is 2.12. The molecule has 0 N–H and O–H groups in total. The van der Waals surface area contributed by atoms with Gasteiger partial charge in [-0.2, -0.15) is 5.10 Å². The van der Waals surface area contributed by atoms with E-state index >= 15 is 0 Å². The molecule has 92 valence electrons. The Balaban J connectivity index is 2.27. The van der Waals surface area contributed by atoms with Crippen molar-refractivity contribution in [2.45, 2.75) is 6.92 Å². The van der Waals surface area contributed by atoms with Gasteiger partial charge in [0.25, 0.3) is 0 Å². The third kappa shape index (κ3) is 1.54. The van der Waals surface area contributed by atoms with E-state index in [9.17, 15) is 0 Å². The third-order valence-corrected chi connectivity index (χ3v) is 2.84. The Morgan fingerprint density at radius 3 is 2.78 bits per heavy atom. The van der Waals surface area contributed by atoms with Crippen LogP contribution in [0.15, 0.2) is 24.7 Å². The summed E-state index contributed by atoms with van der Waals surface area (Å²) in [5, 5.41) is 8.59. The number of nitrogens with zero attached hydrogens (tertiary/aromatic N) is 5. The first kappa shape index (κ1) is 10.8. The van der Waals surface area contributed by atoms with E-state index in [0.717, 1.165) is 22.5 Å². The van der Waals surface area contributed by atoms with Crippen molar-refractivity contribution >= 4 is 5.65 Å². The fourth-order valence-electron chi connectivity index (χ4n) is 1.93. The third-order valence-electron chi connectivity index (χ3n) is 2.84. The van der Waals surface area contributed by atoms with Crippen LogP contribution in [-0.2, 0) is 7.05 Å². The summed E-state index contributed by atoms with van der Waals surface area (Å²) in [5.74, 6) is 0.566. The molecular weight excluding hydrogens is 230 g/mol. The largest absolute Gasteiger partial charge is 0.480 e. The van der Waals surface area contributed by atoms with Crippen LogP contribution >= 0.6 is 0 Å². The monoisotopic (exact) mass is 243 g/mol. The number of methoxy groups -OCH3 is 1. The van der Waals surface area contributed by atoms with Crippen molar-refractivity contribution in [3.8, 4) is 17.0 Å². The van der Waals surface area contributed by atoms with Gasteiger partial charge in [0, 0.05) is 18.8 Å². The first-order chi connectivity index (χ1) is 8.69. The van der Waals surface area contributed by atoms with Gasteiger partial charge in [0.15, 0.2) is 5.65 Å². The molecule has 0 aliphatic heterocycles. The Hall–Kier alpha value is -2.37. The van der Waals surface area contributed by atoms with Gasteiger partial charge in [0.1, 0.15) is 0 Å². The summed E-state index contributed by atoms with van der Waals surface area (Å²) in [7, 11) is 3.49. The van der Waals surface area contributed by atoms with E-state index in [-0.39, 0.29) is 0 Å². The maximum absolute atomic E-state index is 5.34. The van der Waals surface area contributed by atoms with Gasteiger partial charge in [-0.05, 0) is 13.0 Å². The molecule has 3 aromatic heterocycles. The van der Waals surface area contributed by atoms with Crippen molar-refractivity contribution < 1.29 is 4.74 Å². The molecule has 0 atom stereocenters. The van der Waals surface area contributed by atoms with Crippen molar-refractivity contribution in [2.24, 2.45) is 7.05 Å². The molecule has 0 aliphatic carbocycles. The average molecular weight is 243 g/mol. The first-order valence-electron chi connectivity index (χ1n) is 5.57. The van der Waals surface area contributed by atoms with Crippen LogP contribution in [-0.4, -0.2) is 31.5 Å². The van der Waals surface area contributed by atoms with Crippen LogP contribution in [0, 0.1) is 6.92 Å². The molecule has 0 unspecified atom stereocenters. The average Bonchev–Trinajstić information content (AvgIpc) is 2.95. The van der Waals surface area contributed by atoms with Crippen LogP contribution < -0.4 is 4.74 Å². The van der Waals surface area contributed by atoms with Crippen LogP contribution in [0.2, 0.25) is 0 Å². The Kier molecular flexibility index (Phi) is 2.29. The summed E-state index contributed by atoms with van der Waals surface area (Å²) in [4.78, 5) is 4.30. The lowest BCUT2D eigenvalue weighted by atomic mass is 10.2. The van der Waals surface area contributed by atoms with Crippen LogP contribution in [0.4, 0.5) is 0 Å². The fourth-order valence-corrected chi connectivity index (χ4v) is 1.93. The van der Waals surface area contributed by atoms with Gasteiger partial charge in [-0.3, -0.25) is 4.68 Å². The second-order valence-corrected chi connectivity index (χ2v) is 4.14. The van der Waals surface area contributed by atoms with Crippen molar-refractivity contribution in [3.05, 3.63) is 30.4 Å². The summed E-state index contributed by atoms with van der Waals surface area (Å²) in [6.45, 7) is 1.95. The number of rotatable bonds is 2. The molecule has 3 aromatic rings. The summed E-state index contributed by atoms with van der Waals surface area (Å²) in [5.41, 5.74) is 3.63. The maximum atomic E-state index is 5.34. The lowest BCUT2D eigenvalue weighted by molar-refractivity contribution is 0.391. The number of ether oxygens (including phenoxy) is 1. The highest BCUT2D eigenvalue weighted by molar-refractivity contribution is 5.70. The van der Waals surface area contributed by atoms with Gasteiger partial charge in [-0.25, -0.2) is 9.50 Å². The Labute approximate surface area is 104 Å². The molecule has 0 radical (unpaired) electrons. The minimum atomic E-state index is 0.566. The Morgan fingerprint density at radius 1 is 1.28 bits per heavy atom. The van der Waals surface area contributed by atoms with E-state index in [1.807, 2.05) is 26.2 Å². The van der Waals surface area contributed by atoms with E-state index < -0.39 is 0 Å². The van der Waals surface area contributed by atoms with Gasteiger partial charge in [-0.15, -0.1) is 5.10 Å². The van der Waals surface area contributed by atoms with E-state index in [1.54, 1.807) is 28.7 Å². The molecule has 18 heavy (non-hydrogen) atoms. The topological polar surface area (TPSA) is 57.2 Å². The standard InChI is InChI=1S/C12H13N5O/c1-8-5-13-11-4-10(9-6-14-16(2)7-9)12(18-3)15-17(8)11/h4-7H,1-3H3. The molecule has 0 fully saturated rings. The molecule has 6 nitrogen and oxygen atoms in total. The normalized spacial score (nSPS) is 11.1. The summed E-state index contributed by atoms with van der Waals surface area (Å²) >= 11 is 0. The van der Waals surface area contributed by atoms with E-state index in [1.165, 1.54) is 0 Å². The molecule has 0 amide bonds. The SMILES string of the molecule is COc1nn2c(C)cnc2cc1-c1cnn(C)c1. The minimum Gasteiger partial charge on any atom is -0.480 e. The zero-order valence-electron chi connectivity index (χ0n) is 10.5. The number of aryl methyl sites for hydroxylation is 2. The van der Waals surface area contributed by atoms with Crippen LogP contribution in [0.1, 0.15) is 5.69 Å². The number of imidazole rings is 1.